The fraction of sp³-hybridized carbons (Fsp3) is 0.0968. The Hall–Kier alpha value is -3.38. The third-order valence-corrected chi connectivity index (χ3v) is 5.65. The molecule has 4 aromatic rings. The Labute approximate surface area is 204 Å². The molecule has 0 amide bonds. The van der Waals surface area contributed by atoms with E-state index >= 15 is 0 Å². The topological polar surface area (TPSA) is 20.2 Å². The van der Waals surface area contributed by atoms with Crippen molar-refractivity contribution in [2.24, 2.45) is 0 Å². The molecule has 0 heterocycles. The van der Waals surface area contributed by atoms with Crippen molar-refractivity contribution in [3.05, 3.63) is 141 Å². The van der Waals surface area contributed by atoms with Gasteiger partial charge < -0.3 is 5.11 Å². The third kappa shape index (κ3) is 5.90. The summed E-state index contributed by atoms with van der Waals surface area (Å²) in [5.74, 6) is 6.06. The second kappa shape index (κ2) is 10.0. The maximum Gasteiger partial charge on any atom is 0.120 e. The van der Waals surface area contributed by atoms with Crippen LogP contribution < -0.4 is 0 Å². The molecule has 0 saturated carbocycles. The molecule has 0 atom stereocenters. The molecule has 33 heavy (non-hydrogen) atoms. The Morgan fingerprint density at radius 3 is 1.67 bits per heavy atom. The van der Waals surface area contributed by atoms with Crippen molar-refractivity contribution in [3.8, 4) is 11.8 Å². The number of hydrogen-bond acceptors (Lipinski definition) is 1. The first kappa shape index (κ1) is 22.8. The lowest BCUT2D eigenvalue weighted by molar-refractivity contribution is 0.143. The van der Waals surface area contributed by atoms with Crippen molar-refractivity contribution in [2.75, 3.05) is 0 Å². The molecule has 0 aliphatic rings. The summed E-state index contributed by atoms with van der Waals surface area (Å²) in [7, 11) is 0. The van der Waals surface area contributed by atoms with Crippen LogP contribution in [0.4, 0.5) is 0 Å². The van der Waals surface area contributed by atoms with E-state index in [1.807, 2.05) is 30.3 Å². The number of aliphatic hydroxyl groups is 1. The van der Waals surface area contributed by atoms with Crippen LogP contribution >= 0.6 is 15.9 Å². The Kier molecular flexibility index (Phi) is 6.94. The van der Waals surface area contributed by atoms with Gasteiger partial charge in [0.05, 0.1) is 0 Å². The van der Waals surface area contributed by atoms with Gasteiger partial charge in [0.25, 0.3) is 0 Å². The minimum Gasteiger partial charge on any atom is -0.378 e. The molecule has 1 N–H and O–H groups in total. The van der Waals surface area contributed by atoms with Gasteiger partial charge in [0.2, 0.25) is 0 Å². The summed E-state index contributed by atoms with van der Waals surface area (Å²) >= 11 is 3.65. The zero-order valence-electron chi connectivity index (χ0n) is 18.7. The van der Waals surface area contributed by atoms with Crippen molar-refractivity contribution >= 4 is 27.1 Å². The lowest BCUT2D eigenvalue weighted by atomic mass is 9.85. The highest BCUT2D eigenvalue weighted by molar-refractivity contribution is 9.10. The standard InChI is InChI=1S/C31H25BrO/c1-31(2,33)20-19-23-11-9-16-26(21-23)30(27-17-10-18-28(32)22-27)29(24-12-5-3-6-13-24)25-14-7-4-8-15-25/h3-18,21-22,33H,1-2H3. The largest absolute Gasteiger partial charge is 0.378 e. The molecule has 4 aromatic carbocycles. The molecule has 0 bridgehead atoms. The molecule has 162 valence electrons. The van der Waals surface area contributed by atoms with Crippen LogP contribution in [0.5, 0.6) is 0 Å². The summed E-state index contributed by atoms with van der Waals surface area (Å²) in [6.07, 6.45) is 0. The summed E-state index contributed by atoms with van der Waals surface area (Å²) in [6, 6.07) is 37.6. The third-order valence-electron chi connectivity index (χ3n) is 5.15. The van der Waals surface area contributed by atoms with Crippen LogP contribution in [0.3, 0.4) is 0 Å². The summed E-state index contributed by atoms with van der Waals surface area (Å²) in [5.41, 5.74) is 6.57. The first-order valence-corrected chi connectivity index (χ1v) is 11.7. The number of benzene rings is 4. The van der Waals surface area contributed by atoms with E-state index in [2.05, 4.69) is 107 Å². The first-order chi connectivity index (χ1) is 15.9. The Balaban J connectivity index is 2.05. The molecule has 0 saturated heterocycles. The van der Waals surface area contributed by atoms with Gasteiger partial charge in [-0.2, -0.15) is 0 Å². The van der Waals surface area contributed by atoms with Gasteiger partial charge in [-0.1, -0.05) is 113 Å². The van der Waals surface area contributed by atoms with Crippen molar-refractivity contribution in [1.29, 1.82) is 0 Å². The van der Waals surface area contributed by atoms with Gasteiger partial charge in [0.1, 0.15) is 5.60 Å². The van der Waals surface area contributed by atoms with Gasteiger partial charge in [-0.05, 0) is 71.5 Å². The van der Waals surface area contributed by atoms with E-state index in [4.69, 9.17) is 0 Å². The highest BCUT2D eigenvalue weighted by Crippen LogP contribution is 2.37. The van der Waals surface area contributed by atoms with Crippen molar-refractivity contribution in [2.45, 2.75) is 19.4 Å². The molecule has 4 rings (SSSR count). The average molecular weight is 493 g/mol. The zero-order valence-corrected chi connectivity index (χ0v) is 20.3. The fourth-order valence-electron chi connectivity index (χ4n) is 3.74. The van der Waals surface area contributed by atoms with Gasteiger partial charge in [-0.15, -0.1) is 0 Å². The molecule has 0 aliphatic heterocycles. The first-order valence-electron chi connectivity index (χ1n) is 10.9. The van der Waals surface area contributed by atoms with E-state index in [0.717, 1.165) is 43.4 Å². The summed E-state index contributed by atoms with van der Waals surface area (Å²) < 4.78 is 1.02. The Morgan fingerprint density at radius 2 is 1.12 bits per heavy atom. The van der Waals surface area contributed by atoms with Crippen LogP contribution in [0, 0.1) is 11.8 Å². The molecule has 0 fully saturated rings. The lowest BCUT2D eigenvalue weighted by Crippen LogP contribution is -2.14. The van der Waals surface area contributed by atoms with Crippen molar-refractivity contribution < 1.29 is 5.11 Å². The summed E-state index contributed by atoms with van der Waals surface area (Å²) in [5, 5.41) is 10.1. The molecule has 0 unspecified atom stereocenters. The average Bonchev–Trinajstić information content (AvgIpc) is 2.82. The number of hydrogen-bond donors (Lipinski definition) is 1. The van der Waals surface area contributed by atoms with Crippen LogP contribution in [0.1, 0.15) is 41.7 Å². The van der Waals surface area contributed by atoms with E-state index in [-0.39, 0.29) is 0 Å². The monoisotopic (exact) mass is 492 g/mol. The van der Waals surface area contributed by atoms with Crippen LogP contribution in [0.25, 0.3) is 11.1 Å². The van der Waals surface area contributed by atoms with Gasteiger partial charge in [0, 0.05) is 10.0 Å². The SMILES string of the molecule is CC(C)(O)C#Cc1cccc(C(=C(c2ccccc2)c2ccccc2)c2cccc(Br)c2)c1. The van der Waals surface area contributed by atoms with Crippen LogP contribution in [-0.4, -0.2) is 10.7 Å². The van der Waals surface area contributed by atoms with Gasteiger partial charge in [0.15, 0.2) is 0 Å². The normalized spacial score (nSPS) is 10.8. The highest BCUT2D eigenvalue weighted by atomic mass is 79.9. The number of rotatable bonds is 4. The van der Waals surface area contributed by atoms with Crippen molar-refractivity contribution in [1.82, 2.24) is 0 Å². The van der Waals surface area contributed by atoms with Crippen LogP contribution in [-0.2, 0) is 0 Å². The lowest BCUT2D eigenvalue weighted by Gasteiger charge is -2.18. The maximum absolute atomic E-state index is 10.1. The molecular formula is C31H25BrO. The summed E-state index contributed by atoms with van der Waals surface area (Å²) in [6.45, 7) is 3.39. The molecule has 1 nitrogen and oxygen atoms in total. The fourth-order valence-corrected chi connectivity index (χ4v) is 4.14. The Morgan fingerprint density at radius 1 is 0.636 bits per heavy atom. The van der Waals surface area contributed by atoms with E-state index in [0.29, 0.717) is 0 Å². The quantitative estimate of drug-likeness (QED) is 0.230. The molecule has 2 heteroatoms. The minimum absolute atomic E-state index is 0.864. The van der Waals surface area contributed by atoms with Gasteiger partial charge >= 0.3 is 0 Å². The Bertz CT molecular complexity index is 1290. The molecule has 0 aromatic heterocycles. The van der Waals surface area contributed by atoms with Crippen molar-refractivity contribution in [3.63, 3.8) is 0 Å². The number of halogens is 1. The van der Waals surface area contributed by atoms with Crippen LogP contribution in [0.2, 0.25) is 0 Å². The molecule has 0 spiro atoms. The molecule has 0 radical (unpaired) electrons. The highest BCUT2D eigenvalue weighted by Gasteiger charge is 2.16. The zero-order chi connectivity index (χ0) is 23.3. The second-order valence-corrected chi connectivity index (χ2v) is 9.30. The van der Waals surface area contributed by atoms with Gasteiger partial charge in [-0.3, -0.25) is 0 Å². The van der Waals surface area contributed by atoms with E-state index < -0.39 is 5.60 Å². The van der Waals surface area contributed by atoms with Gasteiger partial charge in [-0.25, -0.2) is 0 Å². The minimum atomic E-state index is -1.04. The maximum atomic E-state index is 10.1. The summed E-state index contributed by atoms with van der Waals surface area (Å²) in [4.78, 5) is 0. The van der Waals surface area contributed by atoms with Crippen LogP contribution in [0.15, 0.2) is 114 Å². The van der Waals surface area contributed by atoms with E-state index in [9.17, 15) is 5.11 Å². The smallest absolute Gasteiger partial charge is 0.120 e. The molecular weight excluding hydrogens is 468 g/mol. The van der Waals surface area contributed by atoms with E-state index in [1.54, 1.807) is 13.8 Å². The molecule has 0 aliphatic carbocycles. The van der Waals surface area contributed by atoms with E-state index in [1.165, 1.54) is 0 Å². The predicted molar refractivity (Wildman–Crippen MR) is 142 cm³/mol. The second-order valence-electron chi connectivity index (χ2n) is 8.38. The predicted octanol–water partition coefficient (Wildman–Crippen LogP) is 7.58.